The monoisotopic (exact) mass is 680 g/mol. The van der Waals surface area contributed by atoms with Crippen LogP contribution in [-0.4, -0.2) is 59.1 Å². The van der Waals surface area contributed by atoms with Crippen LogP contribution in [0.5, 0.6) is 0 Å². The Hall–Kier alpha value is -5.96. The lowest BCUT2D eigenvalue weighted by Crippen LogP contribution is -2.32. The van der Waals surface area contributed by atoms with Gasteiger partial charge in [0.1, 0.15) is 17.8 Å². The van der Waals surface area contributed by atoms with E-state index in [1.165, 1.54) is 5.56 Å². The van der Waals surface area contributed by atoms with Gasteiger partial charge in [-0.3, -0.25) is 15.0 Å². The van der Waals surface area contributed by atoms with E-state index >= 15 is 0 Å². The maximum atomic E-state index is 13.9. The molecule has 12 nitrogen and oxygen atoms in total. The topological polar surface area (TPSA) is 141 Å². The first-order valence-corrected chi connectivity index (χ1v) is 17.6. The molecular formula is C39H42N11O+. The number of rotatable bonds is 12. The molecule has 2 amide bonds. The van der Waals surface area contributed by atoms with Crippen LogP contribution in [0.4, 0.5) is 22.4 Å². The van der Waals surface area contributed by atoms with Crippen LogP contribution in [0, 0.1) is 23.2 Å². The predicted octanol–water partition coefficient (Wildman–Crippen LogP) is 6.03. The molecule has 1 fully saturated rings. The summed E-state index contributed by atoms with van der Waals surface area (Å²) in [7, 11) is 1.89. The lowest BCUT2D eigenvalue weighted by Gasteiger charge is -2.30. The van der Waals surface area contributed by atoms with Gasteiger partial charge in [-0.05, 0) is 54.5 Å². The molecule has 2 aliphatic rings. The average Bonchev–Trinajstić information content (AvgIpc) is 3.63. The predicted molar refractivity (Wildman–Crippen MR) is 195 cm³/mol. The standard InChI is InChI=1S/C39H41N11O/c1-3-8-33-34(11-7-16-42-38-44-23-30(19-40)37(47-38)49-18-15-28-14-17-41-21-31(28)26-49)36(33)50(39(51)45-20-27-9-5-4-6-10-27)35-13-12-29(22-43-35)32-24-46-48(2)25-32/h4-6,9-10,12-14,17,21-25,33-34H,3,7-8,11,15-16,18,20,26H2,1-2H3,(H-,42,44,45,47,51)/p+1/b50-36-. The highest BCUT2D eigenvalue weighted by Crippen LogP contribution is 2.43. The summed E-state index contributed by atoms with van der Waals surface area (Å²) in [6.45, 7) is 4.71. The quantitative estimate of drug-likeness (QED) is 0.119. The molecule has 4 aromatic heterocycles. The number of aromatic nitrogens is 6. The van der Waals surface area contributed by atoms with Crippen LogP contribution in [0.2, 0.25) is 0 Å². The van der Waals surface area contributed by atoms with Crippen LogP contribution in [0.3, 0.4) is 0 Å². The SMILES string of the molecule is CCCC1/C(=[N+](/C(=O)NCc2ccccc2)c2ccc(-c3cnn(C)c3)cn2)C1CCCNc1ncc(C#N)c(N2CCc3ccncc3C2)n1. The molecule has 2 unspecified atom stereocenters. The molecule has 0 radical (unpaired) electrons. The number of hydrogen-bond donors (Lipinski definition) is 2. The van der Waals surface area contributed by atoms with Gasteiger partial charge in [0, 0.05) is 74.3 Å². The summed E-state index contributed by atoms with van der Waals surface area (Å²) in [6.07, 6.45) is 15.6. The molecule has 0 saturated heterocycles. The number of hydrogen-bond acceptors (Lipinski definition) is 9. The number of nitrogens with one attached hydrogen (secondary N) is 2. The minimum Gasteiger partial charge on any atom is -0.354 e. The lowest BCUT2D eigenvalue weighted by molar-refractivity contribution is -0.337. The smallest absolute Gasteiger partial charge is 0.354 e. The molecule has 1 saturated carbocycles. The molecule has 0 bridgehead atoms. The zero-order valence-corrected chi connectivity index (χ0v) is 29.0. The zero-order chi connectivity index (χ0) is 35.2. The van der Waals surface area contributed by atoms with E-state index in [9.17, 15) is 10.1 Å². The van der Waals surface area contributed by atoms with Crippen LogP contribution in [0.1, 0.15) is 54.9 Å². The van der Waals surface area contributed by atoms with Gasteiger partial charge in [0.2, 0.25) is 5.95 Å². The molecule has 1 aliphatic carbocycles. The highest BCUT2D eigenvalue weighted by molar-refractivity contribution is 6.03. The number of nitriles is 1. The van der Waals surface area contributed by atoms with E-state index in [4.69, 9.17) is 9.97 Å². The summed E-state index contributed by atoms with van der Waals surface area (Å²) in [4.78, 5) is 34.4. The summed E-state index contributed by atoms with van der Waals surface area (Å²) in [5.74, 6) is 2.31. The van der Waals surface area contributed by atoms with E-state index < -0.39 is 0 Å². The number of anilines is 2. The summed E-state index contributed by atoms with van der Waals surface area (Å²) < 4.78 is 3.57. The van der Waals surface area contributed by atoms with Crippen LogP contribution in [0.15, 0.2) is 85.7 Å². The number of nitrogens with zero attached hydrogens (tertiary/aromatic N) is 9. The van der Waals surface area contributed by atoms with Gasteiger partial charge < -0.3 is 10.2 Å². The third-order valence-electron chi connectivity index (χ3n) is 9.68. The zero-order valence-electron chi connectivity index (χ0n) is 29.0. The summed E-state index contributed by atoms with van der Waals surface area (Å²) in [5, 5.41) is 20.6. The van der Waals surface area contributed by atoms with Gasteiger partial charge >= 0.3 is 6.03 Å². The van der Waals surface area contributed by atoms with Crippen LogP contribution >= 0.6 is 0 Å². The van der Waals surface area contributed by atoms with E-state index in [0.29, 0.717) is 48.7 Å². The van der Waals surface area contributed by atoms with Crippen molar-refractivity contribution in [1.29, 1.82) is 5.26 Å². The molecule has 2 atom stereocenters. The second kappa shape index (κ2) is 15.3. The molecule has 5 aromatic rings. The number of fused-ring (bicyclic) bond motifs is 1. The third-order valence-corrected chi connectivity index (χ3v) is 9.68. The molecule has 12 heteroatoms. The number of benzene rings is 1. The first-order valence-electron chi connectivity index (χ1n) is 17.6. The van der Waals surface area contributed by atoms with Crippen molar-refractivity contribution < 1.29 is 9.37 Å². The number of pyridine rings is 2. The third kappa shape index (κ3) is 7.62. The van der Waals surface area contributed by atoms with E-state index in [-0.39, 0.29) is 11.9 Å². The lowest BCUT2D eigenvalue weighted by atomic mass is 10.0. The summed E-state index contributed by atoms with van der Waals surface area (Å²) >= 11 is 0. The van der Waals surface area contributed by atoms with Crippen LogP contribution in [-0.2, 0) is 26.6 Å². The van der Waals surface area contributed by atoms with Crippen molar-refractivity contribution in [2.45, 2.75) is 52.1 Å². The van der Waals surface area contributed by atoms with Crippen molar-refractivity contribution in [1.82, 2.24) is 35.0 Å². The summed E-state index contributed by atoms with van der Waals surface area (Å²) in [5.41, 5.74) is 6.97. The molecule has 1 aliphatic heterocycles. The number of urea groups is 1. The Morgan fingerprint density at radius 2 is 1.86 bits per heavy atom. The average molecular weight is 681 g/mol. The first-order chi connectivity index (χ1) is 25.0. The van der Waals surface area contributed by atoms with Gasteiger partial charge in [-0.25, -0.2) is 9.78 Å². The highest BCUT2D eigenvalue weighted by atomic mass is 16.2. The Morgan fingerprint density at radius 1 is 1.00 bits per heavy atom. The van der Waals surface area contributed by atoms with E-state index in [0.717, 1.165) is 66.6 Å². The molecule has 258 valence electrons. The number of amides is 2. The van der Waals surface area contributed by atoms with Crippen molar-refractivity contribution in [2.75, 3.05) is 23.3 Å². The Balaban J connectivity index is 1.06. The molecule has 5 heterocycles. The maximum absolute atomic E-state index is 13.9. The van der Waals surface area contributed by atoms with Gasteiger partial charge in [0.25, 0.3) is 5.82 Å². The molecular weight excluding hydrogens is 639 g/mol. The fourth-order valence-electron chi connectivity index (χ4n) is 7.03. The van der Waals surface area contributed by atoms with Crippen molar-refractivity contribution in [3.63, 3.8) is 0 Å². The Morgan fingerprint density at radius 3 is 2.63 bits per heavy atom. The minimum atomic E-state index is -0.174. The Labute approximate surface area is 297 Å². The fraction of sp³-hybridized carbons (Fsp3) is 0.333. The van der Waals surface area contributed by atoms with E-state index in [1.807, 2.05) is 80.5 Å². The minimum absolute atomic E-state index is 0.174. The number of carbonyl (C=O) groups is 1. The van der Waals surface area contributed by atoms with Gasteiger partial charge in [-0.2, -0.15) is 19.9 Å². The molecule has 7 rings (SSSR count). The Bertz CT molecular complexity index is 2070. The first kappa shape index (κ1) is 33.5. The van der Waals surface area contributed by atoms with Crippen molar-refractivity contribution >= 4 is 29.3 Å². The fourth-order valence-corrected chi connectivity index (χ4v) is 7.03. The van der Waals surface area contributed by atoms with Crippen molar-refractivity contribution in [3.8, 4) is 17.2 Å². The van der Waals surface area contributed by atoms with E-state index in [1.54, 1.807) is 15.5 Å². The maximum Gasteiger partial charge on any atom is 0.441 e. The normalized spacial score (nSPS) is 17.3. The van der Waals surface area contributed by atoms with E-state index in [2.05, 4.69) is 49.7 Å². The second-order valence-electron chi connectivity index (χ2n) is 13.1. The number of aryl methyl sites for hydroxylation is 1. The second-order valence-corrected chi connectivity index (χ2v) is 13.1. The largest absolute Gasteiger partial charge is 0.441 e. The number of carbonyl (C=O) groups excluding carboxylic acids is 1. The van der Waals surface area contributed by atoms with Gasteiger partial charge in [0.15, 0.2) is 5.82 Å². The Kier molecular flexibility index (Phi) is 10.1. The molecule has 1 aromatic carbocycles. The molecule has 51 heavy (non-hydrogen) atoms. The highest BCUT2D eigenvalue weighted by Gasteiger charge is 2.50. The van der Waals surface area contributed by atoms with Crippen LogP contribution < -0.4 is 15.5 Å². The van der Waals surface area contributed by atoms with Gasteiger partial charge in [0.05, 0.1) is 24.7 Å². The van der Waals surface area contributed by atoms with Gasteiger partial charge in [-0.15, -0.1) is 4.98 Å². The molecule has 0 spiro atoms. The van der Waals surface area contributed by atoms with Gasteiger partial charge in [-0.1, -0.05) is 43.7 Å². The van der Waals surface area contributed by atoms with Crippen molar-refractivity contribution in [3.05, 3.63) is 108 Å². The molecule has 2 N–H and O–H groups in total. The van der Waals surface area contributed by atoms with Crippen molar-refractivity contribution in [2.24, 2.45) is 18.9 Å². The van der Waals surface area contributed by atoms with Crippen LogP contribution in [0.25, 0.3) is 11.1 Å². The summed E-state index contributed by atoms with van der Waals surface area (Å²) in [6, 6.07) is 18.0.